The van der Waals surface area contributed by atoms with Gasteiger partial charge < -0.3 is 10.1 Å². The molecule has 2 aromatic heterocycles. The summed E-state index contributed by atoms with van der Waals surface area (Å²) in [5, 5.41) is 5.67. The Hall–Kier alpha value is -1.95. The molecule has 2 heterocycles. The van der Waals surface area contributed by atoms with Gasteiger partial charge in [0.05, 0.1) is 18.3 Å². The maximum atomic E-state index is 11.9. The SMILES string of the molecule is Cc1ccc(OCc2nc(CC(=O)NC(C)(C)C)cs2)cn1. The zero-order valence-corrected chi connectivity index (χ0v) is 14.2. The Morgan fingerprint density at radius 2 is 2.14 bits per heavy atom. The first kappa shape index (κ1) is 16.4. The van der Waals surface area contributed by atoms with E-state index in [1.165, 1.54) is 11.3 Å². The second-order valence-electron chi connectivity index (χ2n) is 6.13. The van der Waals surface area contributed by atoms with Gasteiger partial charge in [-0.05, 0) is 39.8 Å². The second-order valence-corrected chi connectivity index (χ2v) is 7.07. The number of pyridine rings is 1. The monoisotopic (exact) mass is 319 g/mol. The van der Waals surface area contributed by atoms with Gasteiger partial charge in [-0.2, -0.15) is 0 Å². The predicted molar refractivity (Wildman–Crippen MR) is 87.0 cm³/mol. The summed E-state index contributed by atoms with van der Waals surface area (Å²) in [6.07, 6.45) is 1.99. The van der Waals surface area contributed by atoms with Crippen molar-refractivity contribution in [2.24, 2.45) is 0 Å². The first-order valence-electron chi connectivity index (χ1n) is 7.11. The van der Waals surface area contributed by atoms with Crippen LogP contribution in [0.2, 0.25) is 0 Å². The van der Waals surface area contributed by atoms with Crippen molar-refractivity contribution < 1.29 is 9.53 Å². The zero-order chi connectivity index (χ0) is 16.2. The van der Waals surface area contributed by atoms with Crippen molar-refractivity contribution in [2.45, 2.75) is 46.3 Å². The first-order valence-corrected chi connectivity index (χ1v) is 7.99. The molecule has 0 aliphatic heterocycles. The number of aromatic nitrogens is 2. The Morgan fingerprint density at radius 1 is 1.36 bits per heavy atom. The van der Waals surface area contributed by atoms with Crippen LogP contribution in [0.3, 0.4) is 0 Å². The molecule has 2 rings (SSSR count). The molecule has 0 aliphatic rings. The molecular formula is C16H21N3O2S. The quantitative estimate of drug-likeness (QED) is 0.920. The molecule has 2 aromatic rings. The molecule has 0 unspecified atom stereocenters. The van der Waals surface area contributed by atoms with Crippen LogP contribution in [-0.2, 0) is 17.8 Å². The van der Waals surface area contributed by atoms with Crippen LogP contribution in [0.4, 0.5) is 0 Å². The number of ether oxygens (including phenoxy) is 1. The van der Waals surface area contributed by atoms with Crippen LogP contribution >= 0.6 is 11.3 Å². The fourth-order valence-electron chi connectivity index (χ4n) is 1.81. The standard InChI is InChI=1S/C16H21N3O2S/c1-11-5-6-13(8-17-11)21-9-15-18-12(10-22-15)7-14(20)19-16(2,3)4/h5-6,8,10H,7,9H2,1-4H3,(H,19,20). The van der Waals surface area contributed by atoms with Crippen LogP contribution in [0.25, 0.3) is 0 Å². The number of rotatable bonds is 5. The normalized spacial score (nSPS) is 11.3. The number of nitrogens with one attached hydrogen (secondary N) is 1. The lowest BCUT2D eigenvalue weighted by molar-refractivity contribution is -0.121. The van der Waals surface area contributed by atoms with Gasteiger partial charge in [-0.25, -0.2) is 4.98 Å². The Morgan fingerprint density at radius 3 is 2.77 bits per heavy atom. The van der Waals surface area contributed by atoms with E-state index in [1.54, 1.807) is 6.20 Å². The van der Waals surface area contributed by atoms with Gasteiger partial charge in [0, 0.05) is 16.6 Å². The third-order valence-electron chi connectivity index (χ3n) is 2.70. The minimum absolute atomic E-state index is 0.0204. The molecular weight excluding hydrogens is 298 g/mol. The van der Waals surface area contributed by atoms with Crippen LogP contribution < -0.4 is 10.1 Å². The number of hydrogen-bond donors (Lipinski definition) is 1. The summed E-state index contributed by atoms with van der Waals surface area (Å²) in [5.74, 6) is 0.695. The molecule has 0 saturated heterocycles. The number of hydrogen-bond acceptors (Lipinski definition) is 5. The van der Waals surface area contributed by atoms with E-state index in [0.29, 0.717) is 18.8 Å². The van der Waals surface area contributed by atoms with E-state index in [0.717, 1.165) is 16.4 Å². The van der Waals surface area contributed by atoms with Crippen molar-refractivity contribution in [2.75, 3.05) is 0 Å². The van der Waals surface area contributed by atoms with Crippen LogP contribution in [0.15, 0.2) is 23.7 Å². The summed E-state index contributed by atoms with van der Waals surface area (Å²) in [7, 11) is 0. The summed E-state index contributed by atoms with van der Waals surface area (Å²) >= 11 is 1.50. The fraction of sp³-hybridized carbons (Fsp3) is 0.438. The van der Waals surface area contributed by atoms with Gasteiger partial charge >= 0.3 is 0 Å². The average molecular weight is 319 g/mol. The molecule has 0 spiro atoms. The number of thiazole rings is 1. The van der Waals surface area contributed by atoms with Crippen LogP contribution in [0.5, 0.6) is 5.75 Å². The Balaban J connectivity index is 1.86. The maximum absolute atomic E-state index is 11.9. The van der Waals surface area contributed by atoms with Crippen molar-refractivity contribution in [3.63, 3.8) is 0 Å². The van der Waals surface area contributed by atoms with Crippen molar-refractivity contribution in [1.82, 2.24) is 15.3 Å². The van der Waals surface area contributed by atoms with Gasteiger partial charge in [0.1, 0.15) is 17.4 Å². The molecule has 0 bridgehead atoms. The molecule has 0 aromatic carbocycles. The smallest absolute Gasteiger partial charge is 0.226 e. The Labute approximate surface area is 134 Å². The van der Waals surface area contributed by atoms with Gasteiger partial charge in [0.15, 0.2) is 0 Å². The van der Waals surface area contributed by atoms with Crippen LogP contribution in [0, 0.1) is 6.92 Å². The Kier molecular flexibility index (Phi) is 5.13. The minimum atomic E-state index is -0.225. The lowest BCUT2D eigenvalue weighted by Crippen LogP contribution is -2.41. The van der Waals surface area contributed by atoms with E-state index < -0.39 is 0 Å². The van der Waals surface area contributed by atoms with Crippen molar-refractivity contribution in [1.29, 1.82) is 0 Å². The third-order valence-corrected chi connectivity index (χ3v) is 3.57. The average Bonchev–Trinajstić information content (AvgIpc) is 2.83. The number of carbonyl (C=O) groups excluding carboxylic acids is 1. The van der Waals surface area contributed by atoms with Crippen LogP contribution in [-0.4, -0.2) is 21.4 Å². The van der Waals surface area contributed by atoms with Crippen molar-refractivity contribution >= 4 is 17.2 Å². The lowest BCUT2D eigenvalue weighted by atomic mass is 10.1. The highest BCUT2D eigenvalue weighted by atomic mass is 32.1. The third kappa shape index (κ3) is 5.44. The molecule has 6 heteroatoms. The van der Waals surface area contributed by atoms with Crippen molar-refractivity contribution in [3.05, 3.63) is 40.1 Å². The van der Waals surface area contributed by atoms with Gasteiger partial charge in [-0.3, -0.25) is 9.78 Å². The second kappa shape index (κ2) is 6.87. The molecule has 0 aliphatic carbocycles. The molecule has 0 saturated carbocycles. The van der Waals surface area contributed by atoms with Crippen LogP contribution in [0.1, 0.15) is 37.2 Å². The summed E-state index contributed by atoms with van der Waals surface area (Å²) in [4.78, 5) is 20.5. The van der Waals surface area contributed by atoms with Gasteiger partial charge in [-0.1, -0.05) is 0 Å². The van der Waals surface area contributed by atoms with E-state index in [2.05, 4.69) is 15.3 Å². The molecule has 1 amide bonds. The highest BCUT2D eigenvalue weighted by Crippen LogP contribution is 2.15. The molecule has 0 atom stereocenters. The van der Waals surface area contributed by atoms with E-state index in [9.17, 15) is 4.79 Å². The van der Waals surface area contributed by atoms with Gasteiger partial charge in [-0.15, -0.1) is 11.3 Å². The summed E-state index contributed by atoms with van der Waals surface area (Å²) in [6.45, 7) is 8.19. The molecule has 22 heavy (non-hydrogen) atoms. The highest BCUT2D eigenvalue weighted by Gasteiger charge is 2.15. The lowest BCUT2D eigenvalue weighted by Gasteiger charge is -2.20. The number of nitrogens with zero attached hydrogens (tertiary/aromatic N) is 2. The summed E-state index contributed by atoms with van der Waals surface area (Å²) in [6, 6.07) is 3.78. The number of carbonyl (C=O) groups is 1. The topological polar surface area (TPSA) is 64.1 Å². The summed E-state index contributed by atoms with van der Waals surface area (Å²) < 4.78 is 5.63. The highest BCUT2D eigenvalue weighted by molar-refractivity contribution is 7.09. The van der Waals surface area contributed by atoms with Gasteiger partial charge in [0.2, 0.25) is 5.91 Å². The van der Waals surface area contributed by atoms with Crippen molar-refractivity contribution in [3.8, 4) is 5.75 Å². The Bertz CT molecular complexity index is 630. The largest absolute Gasteiger partial charge is 0.485 e. The molecule has 0 radical (unpaired) electrons. The number of amides is 1. The minimum Gasteiger partial charge on any atom is -0.485 e. The molecule has 1 N–H and O–H groups in total. The summed E-state index contributed by atoms with van der Waals surface area (Å²) in [5.41, 5.74) is 1.50. The molecule has 5 nitrogen and oxygen atoms in total. The fourth-order valence-corrected chi connectivity index (χ4v) is 2.51. The molecule has 118 valence electrons. The van der Waals surface area contributed by atoms with E-state index in [-0.39, 0.29) is 11.4 Å². The zero-order valence-electron chi connectivity index (χ0n) is 13.3. The first-order chi connectivity index (χ1) is 10.3. The predicted octanol–water partition coefficient (Wildman–Crippen LogP) is 2.88. The maximum Gasteiger partial charge on any atom is 0.226 e. The van der Waals surface area contributed by atoms with E-state index in [4.69, 9.17) is 4.74 Å². The van der Waals surface area contributed by atoms with E-state index in [1.807, 2.05) is 45.2 Å². The van der Waals surface area contributed by atoms with E-state index >= 15 is 0 Å². The molecule has 0 fully saturated rings. The van der Waals surface area contributed by atoms with Gasteiger partial charge in [0.25, 0.3) is 0 Å². The number of aryl methyl sites for hydroxylation is 1.